The molecule has 5 rings (SSSR count). The Balaban J connectivity index is 1.46. The average molecular weight is 348 g/mol. The third-order valence-electron chi connectivity index (χ3n) is 4.60. The number of rotatable bonds is 3. The molecule has 0 amide bonds. The molecule has 2 heterocycles. The minimum atomic E-state index is 0.922. The number of pyridine rings is 1. The minimum absolute atomic E-state index is 0.922. The van der Waals surface area contributed by atoms with E-state index in [0.717, 1.165) is 38.9 Å². The van der Waals surface area contributed by atoms with E-state index in [0.29, 0.717) is 0 Å². The molecule has 0 spiro atoms. The predicted molar refractivity (Wildman–Crippen MR) is 110 cm³/mol. The topological polar surface area (TPSA) is 43.1 Å². The van der Waals surface area contributed by atoms with E-state index in [9.17, 15) is 0 Å². The van der Waals surface area contributed by atoms with Crippen LogP contribution in [0.1, 0.15) is 5.56 Å². The van der Waals surface area contributed by atoms with Crippen LogP contribution in [0.5, 0.6) is 0 Å². The maximum absolute atomic E-state index is 4.66. The standard InChI is InChI=1S/C23H16N4/c1-2-9-23-22(6-1)26-16-27(23)18-12-10-17(11-13-18)15-25-21-8-3-7-20-19(21)5-4-14-24-20/h1-16H/b25-15+. The summed E-state index contributed by atoms with van der Waals surface area (Å²) in [6.45, 7) is 0. The van der Waals surface area contributed by atoms with Crippen molar-refractivity contribution in [3.05, 3.63) is 97.0 Å². The number of fused-ring (bicyclic) bond motifs is 2. The fourth-order valence-corrected chi connectivity index (χ4v) is 3.23. The van der Waals surface area contributed by atoms with Crippen LogP contribution in [0.15, 0.2) is 96.4 Å². The fourth-order valence-electron chi connectivity index (χ4n) is 3.23. The van der Waals surface area contributed by atoms with E-state index in [1.54, 1.807) is 6.20 Å². The Morgan fingerprint density at radius 2 is 1.59 bits per heavy atom. The van der Waals surface area contributed by atoms with Crippen molar-refractivity contribution in [1.82, 2.24) is 14.5 Å². The number of benzene rings is 3. The van der Waals surface area contributed by atoms with E-state index in [4.69, 9.17) is 0 Å². The molecule has 0 aliphatic rings. The normalized spacial score (nSPS) is 11.6. The monoisotopic (exact) mass is 348 g/mol. The SMILES string of the molecule is C(=N\c1cccc2ncccc12)/c1ccc(-n2cnc3ccccc32)cc1. The predicted octanol–water partition coefficient (Wildman–Crippen LogP) is 5.32. The summed E-state index contributed by atoms with van der Waals surface area (Å²) in [4.78, 5) is 13.5. The Kier molecular flexibility index (Phi) is 3.72. The number of para-hydroxylation sites is 2. The van der Waals surface area contributed by atoms with Gasteiger partial charge in [-0.3, -0.25) is 14.5 Å². The first-order valence-corrected chi connectivity index (χ1v) is 8.79. The highest BCUT2D eigenvalue weighted by Gasteiger charge is 2.03. The maximum Gasteiger partial charge on any atom is 0.100 e. The molecule has 4 nitrogen and oxygen atoms in total. The first-order chi connectivity index (χ1) is 13.4. The van der Waals surface area contributed by atoms with Crippen LogP contribution in [0, 0.1) is 0 Å². The summed E-state index contributed by atoms with van der Waals surface area (Å²) in [5.74, 6) is 0. The van der Waals surface area contributed by atoms with E-state index >= 15 is 0 Å². The molecule has 3 aromatic carbocycles. The minimum Gasteiger partial charge on any atom is -0.299 e. The molecule has 27 heavy (non-hydrogen) atoms. The summed E-state index contributed by atoms with van der Waals surface area (Å²) >= 11 is 0. The number of hydrogen-bond acceptors (Lipinski definition) is 3. The molecule has 0 N–H and O–H groups in total. The van der Waals surface area contributed by atoms with Gasteiger partial charge in [0.25, 0.3) is 0 Å². The lowest BCUT2D eigenvalue weighted by Gasteiger charge is -2.05. The van der Waals surface area contributed by atoms with Gasteiger partial charge in [-0.2, -0.15) is 0 Å². The van der Waals surface area contributed by atoms with Crippen LogP contribution in [0.25, 0.3) is 27.6 Å². The largest absolute Gasteiger partial charge is 0.299 e. The average Bonchev–Trinajstić information content (AvgIpc) is 3.17. The highest BCUT2D eigenvalue weighted by atomic mass is 15.0. The summed E-state index contributed by atoms with van der Waals surface area (Å²) in [5.41, 5.74) is 6.09. The molecular weight excluding hydrogens is 332 g/mol. The number of aliphatic imine (C=N–C) groups is 1. The van der Waals surface area contributed by atoms with Gasteiger partial charge < -0.3 is 0 Å². The van der Waals surface area contributed by atoms with Crippen LogP contribution < -0.4 is 0 Å². The van der Waals surface area contributed by atoms with Gasteiger partial charge in [-0.15, -0.1) is 0 Å². The van der Waals surface area contributed by atoms with Crippen molar-refractivity contribution in [2.24, 2.45) is 4.99 Å². The second-order valence-electron chi connectivity index (χ2n) is 6.30. The zero-order valence-corrected chi connectivity index (χ0v) is 14.5. The third-order valence-corrected chi connectivity index (χ3v) is 4.60. The molecule has 0 saturated heterocycles. The van der Waals surface area contributed by atoms with Crippen LogP contribution >= 0.6 is 0 Å². The second-order valence-corrected chi connectivity index (χ2v) is 6.30. The lowest BCUT2D eigenvalue weighted by atomic mass is 10.2. The van der Waals surface area contributed by atoms with Gasteiger partial charge >= 0.3 is 0 Å². The maximum atomic E-state index is 4.66. The van der Waals surface area contributed by atoms with Crippen molar-refractivity contribution in [2.75, 3.05) is 0 Å². The van der Waals surface area contributed by atoms with Crippen LogP contribution in [-0.4, -0.2) is 20.7 Å². The van der Waals surface area contributed by atoms with Crippen molar-refractivity contribution in [2.45, 2.75) is 0 Å². The van der Waals surface area contributed by atoms with E-state index in [-0.39, 0.29) is 0 Å². The Bertz CT molecular complexity index is 1260. The molecule has 0 atom stereocenters. The smallest absolute Gasteiger partial charge is 0.100 e. The Morgan fingerprint density at radius 3 is 2.52 bits per heavy atom. The quantitative estimate of drug-likeness (QED) is 0.414. The lowest BCUT2D eigenvalue weighted by molar-refractivity contribution is 1.09. The van der Waals surface area contributed by atoms with E-state index in [2.05, 4.69) is 49.9 Å². The van der Waals surface area contributed by atoms with Gasteiger partial charge in [0, 0.05) is 23.5 Å². The van der Waals surface area contributed by atoms with E-state index < -0.39 is 0 Å². The molecule has 0 aliphatic heterocycles. The lowest BCUT2D eigenvalue weighted by Crippen LogP contribution is -1.92. The molecule has 0 fully saturated rings. The van der Waals surface area contributed by atoms with Crippen molar-refractivity contribution in [3.8, 4) is 5.69 Å². The van der Waals surface area contributed by atoms with Crippen molar-refractivity contribution < 1.29 is 0 Å². The summed E-state index contributed by atoms with van der Waals surface area (Å²) < 4.78 is 2.09. The van der Waals surface area contributed by atoms with Crippen LogP contribution in [0.4, 0.5) is 5.69 Å². The first-order valence-electron chi connectivity index (χ1n) is 8.79. The molecule has 0 bridgehead atoms. The number of aromatic nitrogens is 3. The van der Waals surface area contributed by atoms with Gasteiger partial charge in [0.15, 0.2) is 0 Å². The van der Waals surface area contributed by atoms with Crippen LogP contribution in [-0.2, 0) is 0 Å². The fraction of sp³-hybridized carbons (Fsp3) is 0. The van der Waals surface area contributed by atoms with E-state index in [1.807, 2.05) is 61.1 Å². The summed E-state index contributed by atoms with van der Waals surface area (Å²) in [6.07, 6.45) is 5.54. The van der Waals surface area contributed by atoms with Crippen molar-refractivity contribution >= 4 is 33.8 Å². The zero-order valence-electron chi connectivity index (χ0n) is 14.5. The van der Waals surface area contributed by atoms with Crippen molar-refractivity contribution in [3.63, 3.8) is 0 Å². The number of imidazole rings is 1. The van der Waals surface area contributed by atoms with E-state index in [1.165, 1.54) is 0 Å². The highest BCUT2D eigenvalue weighted by molar-refractivity contribution is 5.93. The zero-order chi connectivity index (χ0) is 18.1. The number of hydrogen-bond donors (Lipinski definition) is 0. The van der Waals surface area contributed by atoms with Crippen LogP contribution in [0.3, 0.4) is 0 Å². The van der Waals surface area contributed by atoms with Gasteiger partial charge in [0.1, 0.15) is 6.33 Å². The molecule has 5 aromatic rings. The molecule has 0 radical (unpaired) electrons. The summed E-state index contributed by atoms with van der Waals surface area (Å²) in [6, 6.07) is 26.4. The summed E-state index contributed by atoms with van der Waals surface area (Å²) in [7, 11) is 0. The van der Waals surface area contributed by atoms with Gasteiger partial charge in [-0.25, -0.2) is 4.98 Å². The Morgan fingerprint density at radius 1 is 0.741 bits per heavy atom. The first kappa shape index (κ1) is 15.5. The Labute approximate surface area is 156 Å². The molecule has 2 aromatic heterocycles. The molecule has 0 aliphatic carbocycles. The summed E-state index contributed by atoms with van der Waals surface area (Å²) in [5, 5.41) is 1.05. The number of nitrogens with zero attached hydrogens (tertiary/aromatic N) is 4. The van der Waals surface area contributed by atoms with Gasteiger partial charge in [-0.05, 0) is 54.1 Å². The van der Waals surface area contributed by atoms with Gasteiger partial charge in [0.2, 0.25) is 0 Å². The highest BCUT2D eigenvalue weighted by Crippen LogP contribution is 2.24. The molecule has 0 unspecified atom stereocenters. The van der Waals surface area contributed by atoms with Crippen molar-refractivity contribution in [1.29, 1.82) is 0 Å². The molecule has 4 heteroatoms. The molecule has 128 valence electrons. The van der Waals surface area contributed by atoms with Gasteiger partial charge in [-0.1, -0.05) is 30.3 Å². The molecular formula is C23H16N4. The molecule has 0 saturated carbocycles. The van der Waals surface area contributed by atoms with Crippen LogP contribution in [0.2, 0.25) is 0 Å². The Hall–Kier alpha value is -3.79. The second kappa shape index (κ2) is 6.50. The third kappa shape index (κ3) is 2.87. The van der Waals surface area contributed by atoms with Gasteiger partial charge in [0.05, 0.1) is 22.2 Å².